The summed E-state index contributed by atoms with van der Waals surface area (Å²) >= 11 is 0. The molecule has 43 heavy (non-hydrogen) atoms. The van der Waals surface area contributed by atoms with E-state index in [1.165, 1.54) is 85.6 Å². The second-order valence-corrected chi connectivity index (χ2v) is 12.4. The van der Waals surface area contributed by atoms with Crippen molar-refractivity contribution in [1.29, 1.82) is 0 Å². The van der Waals surface area contributed by atoms with E-state index in [1.54, 1.807) is 0 Å². The predicted molar refractivity (Wildman–Crippen MR) is 184 cm³/mol. The third-order valence-electron chi connectivity index (χ3n) is 9.35. The van der Waals surface area contributed by atoms with E-state index in [0.717, 1.165) is 50.8 Å². The number of aryl methyl sites for hydroxylation is 4. The minimum atomic E-state index is 0.852. The molecule has 6 rings (SSSR count). The molecular weight excluding hydrogens is 520 g/mol. The molecule has 0 radical (unpaired) electrons. The molecule has 0 spiro atoms. The van der Waals surface area contributed by atoms with E-state index in [2.05, 4.69) is 116 Å². The van der Waals surface area contributed by atoms with Gasteiger partial charge in [-0.15, -0.1) is 0 Å². The van der Waals surface area contributed by atoms with Crippen molar-refractivity contribution in [2.45, 2.75) is 85.2 Å². The van der Waals surface area contributed by atoms with Gasteiger partial charge in [-0.05, 0) is 83.9 Å². The number of aromatic nitrogens is 1. The number of benzene rings is 3. The zero-order valence-electron chi connectivity index (χ0n) is 26.4. The number of unbranched alkanes of at least 4 members (excludes halogenated alkanes) is 1. The van der Waals surface area contributed by atoms with Gasteiger partial charge in [-0.3, -0.25) is 0 Å². The van der Waals surface area contributed by atoms with Gasteiger partial charge in [-0.1, -0.05) is 82.3 Å². The first-order valence-corrected chi connectivity index (χ1v) is 16.3. The fraction of sp³-hybridized carbons (Fsp3) is 0.317. The van der Waals surface area contributed by atoms with E-state index >= 15 is 0 Å². The van der Waals surface area contributed by atoms with Gasteiger partial charge in [0.05, 0.1) is 10.9 Å². The van der Waals surface area contributed by atoms with Gasteiger partial charge in [0, 0.05) is 35.4 Å². The number of nitrogens with zero attached hydrogens (tertiary/aromatic N) is 2. The second-order valence-electron chi connectivity index (χ2n) is 12.4. The first-order chi connectivity index (χ1) is 21.0. The van der Waals surface area contributed by atoms with Crippen molar-refractivity contribution in [3.8, 4) is 11.3 Å². The van der Waals surface area contributed by atoms with Crippen molar-refractivity contribution >= 4 is 27.3 Å². The minimum absolute atomic E-state index is 0.852. The van der Waals surface area contributed by atoms with E-state index in [9.17, 15) is 0 Å². The Balaban J connectivity index is 1.68. The molecule has 1 aromatic heterocycles. The van der Waals surface area contributed by atoms with Gasteiger partial charge in [0.1, 0.15) is 0 Å². The summed E-state index contributed by atoms with van der Waals surface area (Å²) in [5.41, 5.74) is 12.2. The van der Waals surface area contributed by atoms with Crippen LogP contribution < -0.4 is 4.57 Å². The van der Waals surface area contributed by atoms with Crippen molar-refractivity contribution in [2.75, 3.05) is 0 Å². The van der Waals surface area contributed by atoms with Crippen LogP contribution in [0.4, 0.5) is 0 Å². The molecule has 0 fully saturated rings. The maximum absolute atomic E-state index is 4.67. The lowest BCUT2D eigenvalue weighted by Gasteiger charge is -2.18. The SMILES string of the molecule is C=CC=C1CC[n+]2ccc3c(ccc4cc(CCC)ccc43)c2-c2cc(C)cc(CCCC)c2C[N+]2=C(CCC=C2)C1=C. The molecule has 3 heterocycles. The Labute approximate surface area is 258 Å². The van der Waals surface area contributed by atoms with Crippen LogP contribution in [0, 0.1) is 6.92 Å². The Morgan fingerprint density at radius 2 is 1.77 bits per heavy atom. The topological polar surface area (TPSA) is 6.89 Å². The average molecular weight is 567 g/mol. The standard InChI is InChI=1S/C41H46N2/c1-6-9-14-33-25-29(4)26-38-39(33)28-43-22-11-10-15-40(43)30(5)32(13-8-3)20-23-42-24-21-36-35-18-16-31(12-7-2)27-34(35)17-19-37(36)41(38)42/h8,11,13,16-19,21-22,24-27H,3,5-7,9-10,12,14-15,20,23,28H2,1-2,4H3/q+2. The third-order valence-corrected chi connectivity index (χ3v) is 9.35. The van der Waals surface area contributed by atoms with Crippen LogP contribution in [-0.2, 0) is 25.9 Å². The maximum atomic E-state index is 4.67. The van der Waals surface area contributed by atoms with Gasteiger partial charge in [0.2, 0.25) is 5.69 Å². The Hall–Kier alpha value is -4.04. The largest absolute Gasteiger partial charge is 0.220 e. The van der Waals surface area contributed by atoms with E-state index in [-0.39, 0.29) is 0 Å². The Morgan fingerprint density at radius 3 is 2.58 bits per heavy atom. The van der Waals surface area contributed by atoms with Crippen LogP contribution in [0.3, 0.4) is 0 Å². The van der Waals surface area contributed by atoms with E-state index in [1.807, 2.05) is 6.08 Å². The van der Waals surface area contributed by atoms with Crippen LogP contribution in [0.5, 0.6) is 0 Å². The molecule has 0 N–H and O–H groups in total. The molecule has 0 saturated carbocycles. The second kappa shape index (κ2) is 12.7. The summed E-state index contributed by atoms with van der Waals surface area (Å²) in [6, 6.07) is 19.0. The molecule has 0 unspecified atom stereocenters. The summed E-state index contributed by atoms with van der Waals surface area (Å²) in [5.74, 6) is 0. The van der Waals surface area contributed by atoms with Gasteiger partial charge < -0.3 is 0 Å². The summed E-state index contributed by atoms with van der Waals surface area (Å²) in [6.45, 7) is 17.3. The summed E-state index contributed by atoms with van der Waals surface area (Å²) in [4.78, 5) is 0. The highest BCUT2D eigenvalue weighted by Gasteiger charge is 2.30. The summed E-state index contributed by atoms with van der Waals surface area (Å²) in [7, 11) is 0. The van der Waals surface area contributed by atoms with Crippen molar-refractivity contribution < 1.29 is 9.14 Å². The van der Waals surface area contributed by atoms with Crippen LogP contribution in [0.15, 0.2) is 103 Å². The van der Waals surface area contributed by atoms with Crippen molar-refractivity contribution in [1.82, 2.24) is 0 Å². The molecule has 0 aliphatic carbocycles. The smallest absolute Gasteiger partial charge is 0.198 e. The van der Waals surface area contributed by atoms with Crippen molar-refractivity contribution in [3.63, 3.8) is 0 Å². The molecule has 3 aromatic carbocycles. The Morgan fingerprint density at radius 1 is 0.907 bits per heavy atom. The number of hydrogen-bond acceptors (Lipinski definition) is 0. The molecule has 2 heteroatoms. The lowest BCUT2D eigenvalue weighted by atomic mass is 9.89. The predicted octanol–water partition coefficient (Wildman–Crippen LogP) is 9.88. The highest BCUT2D eigenvalue weighted by atomic mass is 15.0. The zero-order valence-corrected chi connectivity index (χ0v) is 26.4. The zero-order chi connectivity index (χ0) is 29.9. The number of fused-ring (bicyclic) bond motifs is 7. The number of pyridine rings is 1. The molecule has 0 bridgehead atoms. The molecule has 2 aliphatic rings. The number of hydrogen-bond donors (Lipinski definition) is 0. The third kappa shape index (κ3) is 5.68. The van der Waals surface area contributed by atoms with Crippen LogP contribution in [0.1, 0.15) is 74.6 Å². The molecule has 0 saturated heterocycles. The molecule has 2 aliphatic heterocycles. The van der Waals surface area contributed by atoms with E-state index in [4.69, 9.17) is 0 Å². The van der Waals surface area contributed by atoms with Gasteiger partial charge >= 0.3 is 0 Å². The summed E-state index contributed by atoms with van der Waals surface area (Å²) < 4.78 is 4.99. The molecule has 2 nitrogen and oxygen atoms in total. The van der Waals surface area contributed by atoms with Crippen LogP contribution in [0.2, 0.25) is 0 Å². The van der Waals surface area contributed by atoms with Gasteiger partial charge in [-0.2, -0.15) is 9.14 Å². The molecule has 4 aromatic rings. The Bertz CT molecular complexity index is 1830. The van der Waals surface area contributed by atoms with Crippen LogP contribution >= 0.6 is 0 Å². The first-order valence-electron chi connectivity index (χ1n) is 16.3. The fourth-order valence-electron chi connectivity index (χ4n) is 7.19. The molecular formula is C41H46N2+2. The number of rotatable bonds is 6. The summed E-state index contributed by atoms with van der Waals surface area (Å²) in [6.07, 6.45) is 19.8. The van der Waals surface area contributed by atoms with Gasteiger partial charge in [0.25, 0.3) is 0 Å². The number of allylic oxidation sites excluding steroid dienone is 5. The monoisotopic (exact) mass is 566 g/mol. The lowest BCUT2D eigenvalue weighted by Crippen LogP contribution is -2.36. The highest BCUT2D eigenvalue weighted by molar-refractivity contribution is 6.11. The van der Waals surface area contributed by atoms with Gasteiger partial charge in [0.15, 0.2) is 31.2 Å². The molecule has 218 valence electrons. The average Bonchev–Trinajstić information content (AvgIpc) is 3.03. The van der Waals surface area contributed by atoms with Crippen molar-refractivity contribution in [3.05, 3.63) is 126 Å². The van der Waals surface area contributed by atoms with Crippen LogP contribution in [0.25, 0.3) is 32.8 Å². The van der Waals surface area contributed by atoms with Crippen molar-refractivity contribution in [2.24, 2.45) is 0 Å². The molecule has 0 atom stereocenters. The quantitative estimate of drug-likeness (QED) is 0.162. The fourth-order valence-corrected chi connectivity index (χ4v) is 7.19. The van der Waals surface area contributed by atoms with Crippen LogP contribution in [-0.4, -0.2) is 10.3 Å². The summed E-state index contributed by atoms with van der Waals surface area (Å²) in [5, 5.41) is 5.34. The highest BCUT2D eigenvalue weighted by Crippen LogP contribution is 2.36. The normalized spacial score (nSPS) is 16.3. The van der Waals surface area contributed by atoms with Gasteiger partial charge in [-0.25, -0.2) is 0 Å². The Kier molecular flexibility index (Phi) is 8.56. The van der Waals surface area contributed by atoms with E-state index < -0.39 is 0 Å². The minimum Gasteiger partial charge on any atom is -0.198 e. The molecule has 0 amide bonds. The lowest BCUT2D eigenvalue weighted by molar-refractivity contribution is -0.684. The maximum Gasteiger partial charge on any atom is 0.220 e. The first kappa shape index (κ1) is 29.1. The van der Waals surface area contributed by atoms with E-state index in [0.29, 0.717) is 0 Å².